The zero-order valence-electron chi connectivity index (χ0n) is 21.3. The van der Waals surface area contributed by atoms with Crippen LogP contribution in [0.15, 0.2) is 83.0 Å². The van der Waals surface area contributed by atoms with Crippen LogP contribution >= 0.6 is 0 Å². The number of benzene rings is 3. The molecule has 0 aliphatic heterocycles. The summed E-state index contributed by atoms with van der Waals surface area (Å²) in [5.41, 5.74) is 2.71. The number of fused-ring (bicyclic) bond motifs is 6. The van der Waals surface area contributed by atoms with Gasteiger partial charge in [0.15, 0.2) is 0 Å². The Balaban J connectivity index is 1.35. The minimum Gasteiger partial charge on any atom is -0.325 e. The largest absolute Gasteiger partial charge is 0.325 e. The second kappa shape index (κ2) is 8.24. The number of aromatic nitrogens is 2. The minimum atomic E-state index is -0.922. The number of rotatable bonds is 5. The van der Waals surface area contributed by atoms with Gasteiger partial charge in [0.1, 0.15) is 0 Å². The van der Waals surface area contributed by atoms with E-state index in [1.165, 1.54) is 12.1 Å². The summed E-state index contributed by atoms with van der Waals surface area (Å²) < 4.78 is 0. The predicted octanol–water partition coefficient (Wildman–Crippen LogP) is 6.92. The lowest BCUT2D eigenvalue weighted by Gasteiger charge is -2.39. The molecule has 38 heavy (non-hydrogen) atoms. The Morgan fingerprint density at radius 2 is 1.53 bits per heavy atom. The quantitative estimate of drug-likeness (QED) is 0.179. The van der Waals surface area contributed by atoms with Crippen LogP contribution in [0.4, 0.5) is 22.7 Å². The predicted molar refractivity (Wildman–Crippen MR) is 144 cm³/mol. The van der Waals surface area contributed by atoms with Gasteiger partial charge in [0.05, 0.1) is 44.1 Å². The molecule has 3 aromatic carbocycles. The third-order valence-electron chi connectivity index (χ3n) is 8.78. The Kier molecular flexibility index (Phi) is 5.17. The average molecular weight is 507 g/mol. The van der Waals surface area contributed by atoms with Crippen molar-refractivity contribution in [2.75, 3.05) is 5.32 Å². The van der Waals surface area contributed by atoms with E-state index in [-0.39, 0.29) is 17.0 Å². The summed E-state index contributed by atoms with van der Waals surface area (Å²) in [5.74, 6) is -0.150. The van der Waals surface area contributed by atoms with Crippen LogP contribution in [0.2, 0.25) is 0 Å². The van der Waals surface area contributed by atoms with Crippen molar-refractivity contribution in [3.8, 4) is 0 Å². The molecule has 1 amide bonds. The van der Waals surface area contributed by atoms with Crippen molar-refractivity contribution in [1.82, 2.24) is 9.97 Å². The lowest BCUT2D eigenvalue weighted by molar-refractivity contribution is -0.384. The molecule has 0 radical (unpaired) electrons. The van der Waals surface area contributed by atoms with Crippen molar-refractivity contribution in [2.24, 2.45) is 15.6 Å². The minimum absolute atomic E-state index is 0.0524. The molecule has 1 aromatic heterocycles. The Labute approximate surface area is 219 Å². The summed E-state index contributed by atoms with van der Waals surface area (Å²) in [7, 11) is 0. The highest BCUT2D eigenvalue weighted by Crippen LogP contribution is 2.70. The van der Waals surface area contributed by atoms with E-state index in [2.05, 4.69) is 36.3 Å². The van der Waals surface area contributed by atoms with Crippen LogP contribution < -0.4 is 5.32 Å². The number of hydrogen-bond donors (Lipinski definition) is 1. The van der Waals surface area contributed by atoms with E-state index in [9.17, 15) is 14.9 Å². The van der Waals surface area contributed by atoms with Crippen molar-refractivity contribution < 1.29 is 9.72 Å². The Hall–Kier alpha value is -4.53. The lowest BCUT2D eigenvalue weighted by Crippen LogP contribution is -2.48. The van der Waals surface area contributed by atoms with Gasteiger partial charge in [0, 0.05) is 23.2 Å². The molecule has 190 valence electrons. The van der Waals surface area contributed by atoms with Crippen molar-refractivity contribution >= 4 is 39.7 Å². The molecule has 0 saturated heterocycles. The number of amides is 1. The molecule has 2 bridgehead atoms. The summed E-state index contributed by atoms with van der Waals surface area (Å²) in [6.07, 6.45) is 1.42. The molecule has 2 unspecified atom stereocenters. The van der Waals surface area contributed by atoms with Gasteiger partial charge >= 0.3 is 0 Å². The van der Waals surface area contributed by atoms with Crippen molar-refractivity contribution in [3.63, 3.8) is 0 Å². The van der Waals surface area contributed by atoms with Gasteiger partial charge in [-0.05, 0) is 60.7 Å². The molecule has 1 heterocycles. The van der Waals surface area contributed by atoms with Crippen LogP contribution in [0, 0.1) is 15.5 Å². The van der Waals surface area contributed by atoms with E-state index < -0.39 is 15.8 Å². The van der Waals surface area contributed by atoms with E-state index in [4.69, 9.17) is 9.97 Å². The monoisotopic (exact) mass is 506 g/mol. The van der Waals surface area contributed by atoms with Gasteiger partial charge in [-0.2, -0.15) is 10.2 Å². The first kappa shape index (κ1) is 23.8. The van der Waals surface area contributed by atoms with Gasteiger partial charge in [0.25, 0.3) is 5.69 Å². The highest BCUT2D eigenvalue weighted by molar-refractivity contribution is 6.02. The molecular weight excluding hydrogens is 480 g/mol. The second-order valence-corrected chi connectivity index (χ2v) is 10.7. The molecule has 0 spiro atoms. The first-order chi connectivity index (χ1) is 18.2. The Bertz CT molecular complexity index is 1630. The van der Waals surface area contributed by atoms with Crippen LogP contribution in [-0.4, -0.2) is 20.8 Å². The molecule has 2 atom stereocenters. The number of nitrogens with zero attached hydrogens (tertiary/aromatic N) is 5. The molecule has 6 rings (SSSR count). The van der Waals surface area contributed by atoms with Crippen molar-refractivity contribution in [1.29, 1.82) is 0 Å². The van der Waals surface area contributed by atoms with Gasteiger partial charge in [-0.1, -0.05) is 39.0 Å². The maximum Gasteiger partial charge on any atom is 0.271 e. The first-order valence-corrected chi connectivity index (χ1v) is 12.5. The lowest BCUT2D eigenvalue weighted by atomic mass is 9.63. The molecule has 2 aliphatic carbocycles. The van der Waals surface area contributed by atoms with E-state index in [0.29, 0.717) is 34.5 Å². The smallest absolute Gasteiger partial charge is 0.271 e. The second-order valence-electron chi connectivity index (χ2n) is 10.7. The standard InChI is InChI=1S/C29H26N6O3/c1-27(2)28(3)15-16-29(27,25-24(28)31-22-14-13-21(35(37)38)17-23(22)32-25)26(36)30-18-9-11-20(12-10-18)34-33-19-7-5-4-6-8-19/h4-14,17H,15-16H2,1-3H3,(H,30,36). The topological polar surface area (TPSA) is 123 Å². The third kappa shape index (κ3) is 3.27. The number of nitrogens with one attached hydrogen (secondary N) is 1. The fourth-order valence-corrected chi connectivity index (χ4v) is 6.17. The normalized spacial score (nSPS) is 23.0. The Morgan fingerprint density at radius 3 is 2.21 bits per heavy atom. The maximum absolute atomic E-state index is 14.1. The summed E-state index contributed by atoms with van der Waals surface area (Å²) in [6.45, 7) is 6.35. The summed E-state index contributed by atoms with van der Waals surface area (Å²) in [5, 5.41) is 23.0. The number of anilines is 1. The highest BCUT2D eigenvalue weighted by Gasteiger charge is 2.73. The number of nitro benzene ring substituents is 1. The van der Waals surface area contributed by atoms with Gasteiger partial charge < -0.3 is 5.32 Å². The van der Waals surface area contributed by atoms with Crippen LogP contribution in [-0.2, 0) is 15.6 Å². The molecule has 1 saturated carbocycles. The van der Waals surface area contributed by atoms with E-state index >= 15 is 0 Å². The summed E-state index contributed by atoms with van der Waals surface area (Å²) in [4.78, 5) is 34.8. The molecule has 9 nitrogen and oxygen atoms in total. The SMILES string of the molecule is CC12CCC(C(=O)Nc3ccc(N=Nc4ccccc4)cc3)(c3nc4cc([N+](=O)[O-])ccc4nc31)C2(C)C. The fourth-order valence-electron chi connectivity index (χ4n) is 6.17. The van der Waals surface area contributed by atoms with E-state index in [1.54, 1.807) is 30.3 Å². The van der Waals surface area contributed by atoms with Crippen LogP contribution in [0.5, 0.6) is 0 Å². The molecular formula is C29H26N6O3. The summed E-state index contributed by atoms with van der Waals surface area (Å²) in [6, 6.07) is 21.2. The third-order valence-corrected chi connectivity index (χ3v) is 8.78. The molecule has 2 aliphatic rings. The van der Waals surface area contributed by atoms with Crippen LogP contribution in [0.3, 0.4) is 0 Å². The number of azo groups is 1. The number of nitro groups is 1. The summed E-state index contributed by atoms with van der Waals surface area (Å²) >= 11 is 0. The molecule has 4 aromatic rings. The number of carbonyl (C=O) groups excluding carboxylic acids is 1. The Morgan fingerprint density at radius 1 is 0.868 bits per heavy atom. The zero-order chi connectivity index (χ0) is 26.7. The van der Waals surface area contributed by atoms with Gasteiger partial charge in [-0.15, -0.1) is 0 Å². The van der Waals surface area contributed by atoms with Gasteiger partial charge in [-0.3, -0.25) is 14.9 Å². The molecule has 1 N–H and O–H groups in total. The van der Waals surface area contributed by atoms with Crippen molar-refractivity contribution in [3.05, 3.63) is 94.3 Å². The number of non-ortho nitro benzene ring substituents is 1. The van der Waals surface area contributed by atoms with Crippen LogP contribution in [0.1, 0.15) is 45.0 Å². The van der Waals surface area contributed by atoms with Gasteiger partial charge in [0.2, 0.25) is 5.91 Å². The number of hydrogen-bond acceptors (Lipinski definition) is 7. The molecule has 9 heteroatoms. The number of carbonyl (C=O) groups is 1. The highest BCUT2D eigenvalue weighted by atomic mass is 16.6. The molecule has 1 fully saturated rings. The van der Waals surface area contributed by atoms with Crippen molar-refractivity contribution in [2.45, 2.75) is 44.4 Å². The zero-order valence-corrected chi connectivity index (χ0v) is 21.3. The van der Waals surface area contributed by atoms with E-state index in [0.717, 1.165) is 17.8 Å². The van der Waals surface area contributed by atoms with E-state index in [1.807, 2.05) is 30.3 Å². The first-order valence-electron chi connectivity index (χ1n) is 12.5. The van der Waals surface area contributed by atoms with Crippen LogP contribution in [0.25, 0.3) is 11.0 Å². The average Bonchev–Trinajstić information content (AvgIpc) is 3.21. The fraction of sp³-hybridized carbons (Fsp3) is 0.276. The van der Waals surface area contributed by atoms with Gasteiger partial charge in [-0.25, -0.2) is 9.97 Å². The maximum atomic E-state index is 14.1.